The van der Waals surface area contributed by atoms with Crippen molar-refractivity contribution in [1.82, 2.24) is 20.3 Å². The van der Waals surface area contributed by atoms with Crippen LogP contribution in [-0.4, -0.2) is 32.3 Å². The van der Waals surface area contributed by atoms with Crippen LogP contribution in [0.4, 0.5) is 0 Å². The third kappa shape index (κ3) is 4.64. The Morgan fingerprint density at radius 3 is 2.52 bits per heavy atom. The van der Waals surface area contributed by atoms with Crippen LogP contribution in [0.15, 0.2) is 59.6 Å². The molecule has 1 aliphatic rings. The van der Waals surface area contributed by atoms with E-state index in [0.717, 1.165) is 17.0 Å². The van der Waals surface area contributed by atoms with Crippen LogP contribution < -0.4 is 14.8 Å². The number of amides is 1. The molecule has 0 bridgehead atoms. The Morgan fingerprint density at radius 2 is 1.86 bits per heavy atom. The summed E-state index contributed by atoms with van der Waals surface area (Å²) in [5.74, 6) is 1.32. The molecule has 7 nitrogen and oxygen atoms in total. The molecule has 0 spiro atoms. The highest BCUT2D eigenvalue weighted by atomic mass is 32.2. The summed E-state index contributed by atoms with van der Waals surface area (Å²) in [6.07, 6.45) is 3.61. The summed E-state index contributed by atoms with van der Waals surface area (Å²) >= 11 is 6.25. The topological polar surface area (TPSA) is 78.3 Å². The summed E-state index contributed by atoms with van der Waals surface area (Å²) in [5.41, 5.74) is 2.49. The molecule has 0 unspecified atom stereocenters. The van der Waals surface area contributed by atoms with E-state index in [1.165, 1.54) is 11.8 Å². The molecule has 4 rings (SSSR count). The summed E-state index contributed by atoms with van der Waals surface area (Å²) in [6.45, 7) is 0.295. The second-order valence-electron chi connectivity index (χ2n) is 6.06. The number of hydrogen-bond acceptors (Lipinski definition) is 7. The largest absolute Gasteiger partial charge is 0.497 e. The van der Waals surface area contributed by atoms with Gasteiger partial charge in [-0.2, -0.15) is 0 Å². The maximum absolute atomic E-state index is 11.7. The molecule has 1 amide bonds. The predicted octanol–water partition coefficient (Wildman–Crippen LogP) is 3.34. The van der Waals surface area contributed by atoms with Gasteiger partial charge < -0.3 is 14.8 Å². The van der Waals surface area contributed by atoms with E-state index >= 15 is 0 Å². The lowest BCUT2D eigenvalue weighted by Crippen LogP contribution is -2.17. The molecule has 0 atom stereocenters. The van der Waals surface area contributed by atoms with Gasteiger partial charge >= 0.3 is 0 Å². The molecule has 2 heterocycles. The van der Waals surface area contributed by atoms with Gasteiger partial charge in [0.2, 0.25) is 0 Å². The number of methoxy groups -OCH3 is 1. The number of hydrogen-bond donors (Lipinski definition) is 1. The van der Waals surface area contributed by atoms with Gasteiger partial charge in [-0.1, -0.05) is 41.3 Å². The SMILES string of the molecule is COc1ccc(-n2cc(COc3ccc(/C=C4\SC(=S)NC4=O)cc3)nn2)cc1. The zero-order chi connectivity index (χ0) is 20.2. The van der Waals surface area contributed by atoms with E-state index in [2.05, 4.69) is 15.6 Å². The summed E-state index contributed by atoms with van der Waals surface area (Å²) in [6, 6.07) is 15.0. The minimum atomic E-state index is -0.166. The van der Waals surface area contributed by atoms with Crippen LogP contribution >= 0.6 is 24.0 Å². The average molecular weight is 425 g/mol. The van der Waals surface area contributed by atoms with E-state index in [-0.39, 0.29) is 5.91 Å². The molecule has 1 aromatic heterocycles. The van der Waals surface area contributed by atoms with Crippen molar-refractivity contribution in [2.24, 2.45) is 0 Å². The first kappa shape index (κ1) is 19.2. The van der Waals surface area contributed by atoms with E-state index in [9.17, 15) is 4.79 Å². The van der Waals surface area contributed by atoms with Crippen molar-refractivity contribution in [2.45, 2.75) is 6.61 Å². The molecular weight excluding hydrogens is 408 g/mol. The Kier molecular flexibility index (Phi) is 5.59. The van der Waals surface area contributed by atoms with Crippen molar-refractivity contribution >= 4 is 40.3 Å². The highest BCUT2D eigenvalue weighted by Crippen LogP contribution is 2.26. The van der Waals surface area contributed by atoms with Crippen LogP contribution in [0.5, 0.6) is 11.5 Å². The van der Waals surface area contributed by atoms with E-state index in [4.69, 9.17) is 21.7 Å². The van der Waals surface area contributed by atoms with Crippen LogP contribution in [0.25, 0.3) is 11.8 Å². The number of rotatable bonds is 6. The predicted molar refractivity (Wildman–Crippen MR) is 115 cm³/mol. The first-order valence-electron chi connectivity index (χ1n) is 8.64. The highest BCUT2D eigenvalue weighted by molar-refractivity contribution is 8.26. The molecule has 1 fully saturated rings. The first-order valence-corrected chi connectivity index (χ1v) is 9.86. The van der Waals surface area contributed by atoms with Gasteiger partial charge in [0.05, 0.1) is 23.9 Å². The Labute approximate surface area is 176 Å². The third-order valence-corrected chi connectivity index (χ3v) is 5.25. The molecule has 29 heavy (non-hydrogen) atoms. The van der Waals surface area contributed by atoms with Crippen LogP contribution in [0.3, 0.4) is 0 Å². The van der Waals surface area contributed by atoms with Crippen molar-refractivity contribution in [3.63, 3.8) is 0 Å². The monoisotopic (exact) mass is 424 g/mol. The van der Waals surface area contributed by atoms with Gasteiger partial charge in [-0.3, -0.25) is 4.79 Å². The molecule has 146 valence electrons. The summed E-state index contributed by atoms with van der Waals surface area (Å²) in [5, 5.41) is 10.9. The molecule has 2 aromatic carbocycles. The number of benzene rings is 2. The van der Waals surface area contributed by atoms with Gasteiger partial charge in [0.15, 0.2) is 0 Å². The summed E-state index contributed by atoms with van der Waals surface area (Å²) in [7, 11) is 1.63. The van der Waals surface area contributed by atoms with Crippen LogP contribution in [-0.2, 0) is 11.4 Å². The van der Waals surface area contributed by atoms with E-state index in [1.54, 1.807) is 17.9 Å². The molecule has 3 aromatic rings. The smallest absolute Gasteiger partial charge is 0.263 e. The number of ether oxygens (including phenoxy) is 2. The zero-order valence-corrected chi connectivity index (χ0v) is 17.0. The Morgan fingerprint density at radius 1 is 1.14 bits per heavy atom. The summed E-state index contributed by atoms with van der Waals surface area (Å²) in [4.78, 5) is 12.3. The lowest BCUT2D eigenvalue weighted by Gasteiger charge is -2.04. The lowest BCUT2D eigenvalue weighted by molar-refractivity contribution is -0.115. The van der Waals surface area contributed by atoms with Crippen LogP contribution in [0.1, 0.15) is 11.3 Å². The van der Waals surface area contributed by atoms with Gasteiger partial charge in [0, 0.05) is 0 Å². The van der Waals surface area contributed by atoms with Crippen molar-refractivity contribution in [3.05, 3.63) is 70.9 Å². The average Bonchev–Trinajstić information content (AvgIpc) is 3.33. The quantitative estimate of drug-likeness (QED) is 0.480. The molecule has 9 heteroatoms. The van der Waals surface area contributed by atoms with Crippen molar-refractivity contribution in [1.29, 1.82) is 0 Å². The lowest BCUT2D eigenvalue weighted by atomic mass is 10.2. The number of carbonyl (C=O) groups is 1. The Hall–Kier alpha value is -3.17. The minimum absolute atomic E-state index is 0.166. The third-order valence-electron chi connectivity index (χ3n) is 4.08. The molecule has 1 N–H and O–H groups in total. The maximum atomic E-state index is 11.7. The number of carbonyl (C=O) groups excluding carboxylic acids is 1. The molecule has 0 radical (unpaired) electrons. The Bertz CT molecular complexity index is 1080. The first-order chi connectivity index (χ1) is 14.1. The van der Waals surface area contributed by atoms with Gasteiger partial charge in [-0.15, -0.1) is 5.10 Å². The van der Waals surface area contributed by atoms with Gasteiger partial charge in [-0.25, -0.2) is 4.68 Å². The normalized spacial score (nSPS) is 14.9. The molecule has 1 saturated heterocycles. The molecule has 0 saturated carbocycles. The minimum Gasteiger partial charge on any atom is -0.497 e. The van der Waals surface area contributed by atoms with Gasteiger partial charge in [0.1, 0.15) is 28.1 Å². The number of nitrogens with zero attached hydrogens (tertiary/aromatic N) is 3. The standard InChI is InChI=1S/C20H16N4O3S2/c1-26-16-8-4-15(5-9-16)24-11-14(22-23-24)12-27-17-6-2-13(3-7-17)10-18-19(25)21-20(28)29-18/h2-11H,12H2,1H3,(H,21,25,28)/b18-10-. The number of aromatic nitrogens is 3. The van der Waals surface area contributed by atoms with Gasteiger partial charge in [0.25, 0.3) is 5.91 Å². The fourth-order valence-electron chi connectivity index (χ4n) is 2.62. The van der Waals surface area contributed by atoms with Gasteiger partial charge in [-0.05, 0) is 48.0 Å². The fourth-order valence-corrected chi connectivity index (χ4v) is 3.66. The van der Waals surface area contributed by atoms with E-state index < -0.39 is 0 Å². The van der Waals surface area contributed by atoms with E-state index in [1.807, 2.05) is 54.7 Å². The molecular formula is C20H16N4O3S2. The Balaban J connectivity index is 1.37. The van der Waals surface area contributed by atoms with E-state index in [0.29, 0.717) is 27.3 Å². The number of thiocarbonyl (C=S) groups is 1. The van der Waals surface area contributed by atoms with Crippen molar-refractivity contribution in [2.75, 3.05) is 7.11 Å². The fraction of sp³-hybridized carbons (Fsp3) is 0.100. The number of thioether (sulfide) groups is 1. The second kappa shape index (κ2) is 8.46. The molecule has 0 aliphatic carbocycles. The van der Waals surface area contributed by atoms with Crippen LogP contribution in [0.2, 0.25) is 0 Å². The second-order valence-corrected chi connectivity index (χ2v) is 7.78. The molecule has 1 aliphatic heterocycles. The highest BCUT2D eigenvalue weighted by Gasteiger charge is 2.21. The van der Waals surface area contributed by atoms with Crippen molar-refractivity contribution in [3.8, 4) is 17.2 Å². The van der Waals surface area contributed by atoms with Crippen LogP contribution in [0, 0.1) is 0 Å². The maximum Gasteiger partial charge on any atom is 0.263 e. The zero-order valence-electron chi connectivity index (χ0n) is 15.4. The summed E-state index contributed by atoms with van der Waals surface area (Å²) < 4.78 is 13.1. The number of nitrogens with one attached hydrogen (secondary N) is 1. The van der Waals surface area contributed by atoms with Crippen molar-refractivity contribution < 1.29 is 14.3 Å².